The maximum Gasteiger partial charge on any atom is 0.338 e. The molecular weight excluding hydrogens is 338 g/mol. The van der Waals surface area contributed by atoms with Crippen LogP contribution in [0.1, 0.15) is 19.8 Å². The Bertz CT molecular complexity index is 787. The average molecular weight is 357 g/mol. The second-order valence-corrected chi connectivity index (χ2v) is 5.66. The Hall–Kier alpha value is -3.12. The van der Waals surface area contributed by atoms with Crippen LogP contribution in [0.2, 0.25) is 0 Å². The van der Waals surface area contributed by atoms with Crippen molar-refractivity contribution in [3.05, 3.63) is 35.1 Å². The number of ether oxygens (including phenoxy) is 2. The van der Waals surface area contributed by atoms with Crippen LogP contribution in [0.4, 0.5) is 0 Å². The number of esters is 1. The smallest absolute Gasteiger partial charge is 0.338 e. The van der Waals surface area contributed by atoms with Crippen LogP contribution >= 0.6 is 0 Å². The van der Waals surface area contributed by atoms with E-state index in [9.17, 15) is 4.79 Å². The van der Waals surface area contributed by atoms with Crippen molar-refractivity contribution in [3.8, 4) is 6.07 Å². The summed E-state index contributed by atoms with van der Waals surface area (Å²) in [5.74, 6) is -0.502. The maximum absolute atomic E-state index is 12.7. The van der Waals surface area contributed by atoms with E-state index in [-0.39, 0.29) is 19.1 Å². The molecule has 3 rings (SSSR count). The number of carbonyl (C=O) groups is 1. The monoisotopic (exact) mass is 357 g/mol. The largest absolute Gasteiger partial charge is 0.468 e. The fourth-order valence-electron chi connectivity index (χ4n) is 2.82. The third kappa shape index (κ3) is 3.45. The Balaban J connectivity index is 1.94. The van der Waals surface area contributed by atoms with E-state index < -0.39 is 12.0 Å². The molecule has 3 aliphatic rings. The van der Waals surface area contributed by atoms with E-state index >= 15 is 0 Å². The summed E-state index contributed by atoms with van der Waals surface area (Å²) in [4.78, 5) is 22.0. The molecule has 2 aliphatic heterocycles. The molecule has 0 saturated carbocycles. The number of aliphatic imine (C=N–C) groups is 1. The molecule has 9 nitrogen and oxygen atoms in total. The first-order chi connectivity index (χ1) is 12.7. The molecule has 0 aromatic rings. The van der Waals surface area contributed by atoms with Crippen molar-refractivity contribution in [2.75, 3.05) is 13.7 Å². The molecular formula is C17H19N5O4. The number of nitrogens with zero attached hydrogens (tertiary/aromatic N) is 3. The summed E-state index contributed by atoms with van der Waals surface area (Å²) in [5.41, 5.74) is 5.39. The van der Waals surface area contributed by atoms with Gasteiger partial charge in [-0.2, -0.15) is 5.26 Å². The third-order valence-electron chi connectivity index (χ3n) is 4.09. The molecule has 26 heavy (non-hydrogen) atoms. The standard InChI is InChI=1S/C17H19N5O4/c1-3-11-14(16(23)25-8-4-7-18)15(20-17(19-11)24-2)10-5-6-12-13(9-10)22-26-21-12/h5-6,9,13,15,22H,3-4,8H2,1-2H3,(H,19,20). The average Bonchev–Trinajstić information content (AvgIpc) is 3.14. The van der Waals surface area contributed by atoms with Crippen molar-refractivity contribution in [1.29, 1.82) is 5.26 Å². The van der Waals surface area contributed by atoms with Gasteiger partial charge in [-0.25, -0.2) is 9.79 Å². The first-order valence-corrected chi connectivity index (χ1v) is 8.23. The molecule has 0 amide bonds. The SMILES string of the molecule is CCC1=C(C(=O)OCCC#N)C(C2=CC3NON=C3C=C2)N=C(OC)N1. The molecule has 2 heterocycles. The fraction of sp³-hybridized carbons (Fsp3) is 0.412. The summed E-state index contributed by atoms with van der Waals surface area (Å²) in [6.45, 7) is 1.95. The summed E-state index contributed by atoms with van der Waals surface area (Å²) >= 11 is 0. The Morgan fingerprint density at radius 2 is 2.31 bits per heavy atom. The third-order valence-corrected chi connectivity index (χ3v) is 4.09. The van der Waals surface area contributed by atoms with Gasteiger partial charge in [0.25, 0.3) is 6.02 Å². The summed E-state index contributed by atoms with van der Waals surface area (Å²) in [5, 5.41) is 15.5. The molecule has 0 radical (unpaired) electrons. The van der Waals surface area contributed by atoms with E-state index in [2.05, 4.69) is 20.9 Å². The van der Waals surface area contributed by atoms with E-state index in [0.717, 1.165) is 11.3 Å². The minimum atomic E-state index is -0.587. The molecule has 136 valence electrons. The van der Waals surface area contributed by atoms with Crippen LogP contribution in [-0.2, 0) is 19.2 Å². The van der Waals surface area contributed by atoms with Gasteiger partial charge in [-0.15, -0.1) is 5.48 Å². The van der Waals surface area contributed by atoms with Crippen LogP contribution in [0.3, 0.4) is 0 Å². The van der Waals surface area contributed by atoms with Gasteiger partial charge >= 0.3 is 5.97 Å². The Morgan fingerprint density at radius 1 is 1.46 bits per heavy atom. The highest BCUT2D eigenvalue weighted by Gasteiger charge is 2.34. The van der Waals surface area contributed by atoms with Gasteiger partial charge in [0.05, 0.1) is 25.2 Å². The predicted molar refractivity (Wildman–Crippen MR) is 92.5 cm³/mol. The van der Waals surface area contributed by atoms with Gasteiger partial charge in [-0.3, -0.25) is 4.94 Å². The van der Waals surface area contributed by atoms with E-state index in [4.69, 9.17) is 19.7 Å². The number of rotatable bonds is 5. The second-order valence-electron chi connectivity index (χ2n) is 5.66. The molecule has 2 atom stereocenters. The van der Waals surface area contributed by atoms with Crippen molar-refractivity contribution in [1.82, 2.24) is 10.8 Å². The highest BCUT2D eigenvalue weighted by atomic mass is 16.8. The van der Waals surface area contributed by atoms with Crippen LogP contribution in [0.25, 0.3) is 0 Å². The zero-order chi connectivity index (χ0) is 18.5. The number of hydrogen-bond donors (Lipinski definition) is 2. The number of fused-ring (bicyclic) bond motifs is 1. The molecule has 0 bridgehead atoms. The Kier molecular flexibility index (Phi) is 5.34. The number of nitrogens with one attached hydrogen (secondary N) is 2. The lowest BCUT2D eigenvalue weighted by atomic mass is 9.90. The lowest BCUT2D eigenvalue weighted by Gasteiger charge is -2.27. The molecule has 2 N–H and O–H groups in total. The zero-order valence-corrected chi connectivity index (χ0v) is 14.5. The van der Waals surface area contributed by atoms with Gasteiger partial charge in [0, 0.05) is 5.70 Å². The highest BCUT2D eigenvalue weighted by molar-refractivity contribution is 6.03. The van der Waals surface area contributed by atoms with Crippen molar-refractivity contribution in [2.24, 2.45) is 10.1 Å². The molecule has 0 aromatic carbocycles. The van der Waals surface area contributed by atoms with Crippen LogP contribution in [-0.4, -0.2) is 43.5 Å². The minimum Gasteiger partial charge on any atom is -0.468 e. The summed E-state index contributed by atoms with van der Waals surface area (Å²) in [6.07, 6.45) is 6.25. The topological polar surface area (TPSA) is 117 Å². The molecule has 9 heteroatoms. The molecule has 0 fully saturated rings. The predicted octanol–water partition coefficient (Wildman–Crippen LogP) is 0.837. The van der Waals surface area contributed by atoms with Crippen LogP contribution in [0.15, 0.2) is 45.2 Å². The van der Waals surface area contributed by atoms with Gasteiger partial charge < -0.3 is 14.8 Å². The zero-order valence-electron chi connectivity index (χ0n) is 14.5. The maximum atomic E-state index is 12.7. The van der Waals surface area contributed by atoms with Crippen molar-refractivity contribution in [2.45, 2.75) is 31.8 Å². The minimum absolute atomic E-state index is 0.0348. The number of hydrogen-bond acceptors (Lipinski definition) is 9. The first-order valence-electron chi connectivity index (χ1n) is 8.23. The Labute approximate surface area is 150 Å². The van der Waals surface area contributed by atoms with E-state index in [0.29, 0.717) is 23.7 Å². The van der Waals surface area contributed by atoms with Crippen LogP contribution in [0.5, 0.6) is 0 Å². The van der Waals surface area contributed by atoms with Crippen LogP contribution < -0.4 is 10.8 Å². The van der Waals surface area contributed by atoms with Gasteiger partial charge in [0.1, 0.15) is 24.4 Å². The van der Waals surface area contributed by atoms with E-state index in [1.54, 1.807) is 0 Å². The number of nitriles is 1. The van der Waals surface area contributed by atoms with Crippen molar-refractivity contribution >= 4 is 17.7 Å². The molecule has 1 aliphatic carbocycles. The number of amidine groups is 1. The lowest BCUT2D eigenvalue weighted by molar-refractivity contribution is -0.139. The van der Waals surface area contributed by atoms with Crippen LogP contribution in [0, 0.1) is 11.3 Å². The van der Waals surface area contributed by atoms with Gasteiger partial charge in [-0.1, -0.05) is 24.2 Å². The van der Waals surface area contributed by atoms with Gasteiger partial charge in [0.15, 0.2) is 0 Å². The van der Waals surface area contributed by atoms with E-state index in [1.165, 1.54) is 7.11 Å². The molecule has 2 unspecified atom stereocenters. The molecule has 0 spiro atoms. The van der Waals surface area contributed by atoms with E-state index in [1.807, 2.05) is 31.2 Å². The number of allylic oxidation sites excluding steroid dienone is 1. The normalized spacial score (nSPS) is 23.7. The summed E-state index contributed by atoms with van der Waals surface area (Å²) in [6, 6.07) is 1.49. The fourth-order valence-corrected chi connectivity index (χ4v) is 2.82. The second kappa shape index (κ2) is 7.84. The number of hydroxylamine groups is 1. The van der Waals surface area contributed by atoms with Crippen molar-refractivity contribution < 1.29 is 19.2 Å². The highest BCUT2D eigenvalue weighted by Crippen LogP contribution is 2.28. The van der Waals surface area contributed by atoms with Gasteiger partial charge in [-0.05, 0) is 18.1 Å². The first kappa shape index (κ1) is 17.7. The lowest BCUT2D eigenvalue weighted by Crippen LogP contribution is -2.38. The number of oxime groups is 1. The summed E-state index contributed by atoms with van der Waals surface area (Å²) < 4.78 is 10.5. The van der Waals surface area contributed by atoms with Gasteiger partial charge in [0.2, 0.25) is 0 Å². The number of carbonyl (C=O) groups excluding carboxylic acids is 1. The quantitative estimate of drug-likeness (QED) is 0.553. The number of methoxy groups -OCH3 is 1. The Morgan fingerprint density at radius 3 is 3.04 bits per heavy atom. The molecule has 0 saturated heterocycles. The summed E-state index contributed by atoms with van der Waals surface area (Å²) in [7, 11) is 1.51. The molecule has 0 aromatic heterocycles. The van der Waals surface area contributed by atoms with Crippen molar-refractivity contribution in [3.63, 3.8) is 0 Å².